The molecule has 0 saturated heterocycles. The summed E-state index contributed by atoms with van der Waals surface area (Å²) in [5, 5.41) is 24.6. The molecule has 0 saturated carbocycles. The Labute approximate surface area is 137 Å². The molecule has 1 atom stereocenters. The molecule has 0 aliphatic rings. The zero-order chi connectivity index (χ0) is 17.9. The Morgan fingerprint density at radius 1 is 1.46 bits per heavy atom. The minimum Gasteiger partial charge on any atom is -0.480 e. The monoisotopic (exact) mass is 331 g/mol. The number of carboxylic acids is 1. The number of nitrogens with zero attached hydrogens (tertiary/aromatic N) is 4. The van der Waals surface area contributed by atoms with Crippen LogP contribution in [0.5, 0.6) is 0 Å². The van der Waals surface area contributed by atoms with Crippen molar-refractivity contribution in [3.8, 4) is 6.07 Å². The molecule has 0 aromatic carbocycles. The summed E-state index contributed by atoms with van der Waals surface area (Å²) in [5.74, 6) is -1.20. The molecule has 9 heteroatoms. The quantitative estimate of drug-likeness (QED) is 0.858. The molecule has 24 heavy (non-hydrogen) atoms. The van der Waals surface area contributed by atoms with Crippen molar-refractivity contribution in [2.75, 3.05) is 0 Å². The molecule has 0 bridgehead atoms. The molecule has 126 valence electrons. The number of aromatic nitrogens is 3. The third-order valence-corrected chi connectivity index (χ3v) is 2.89. The van der Waals surface area contributed by atoms with Crippen molar-refractivity contribution in [3.05, 3.63) is 29.7 Å². The molecule has 0 spiro atoms. The highest BCUT2D eigenvalue weighted by molar-refractivity contribution is 5.80. The lowest BCUT2D eigenvalue weighted by Crippen LogP contribution is -2.44. The van der Waals surface area contributed by atoms with Crippen LogP contribution in [-0.2, 0) is 16.0 Å². The summed E-state index contributed by atoms with van der Waals surface area (Å²) in [7, 11) is 0. The van der Waals surface area contributed by atoms with Gasteiger partial charge in [0, 0.05) is 6.42 Å². The summed E-state index contributed by atoms with van der Waals surface area (Å²) in [5.41, 5.74) is 0.380. The van der Waals surface area contributed by atoms with Crippen LogP contribution in [0.3, 0.4) is 0 Å². The maximum Gasteiger partial charge on any atom is 0.408 e. The molecule has 1 amide bonds. The lowest BCUT2D eigenvalue weighted by atomic mass is 10.1. The predicted molar refractivity (Wildman–Crippen MR) is 82.2 cm³/mol. The number of imidazole rings is 1. The molecule has 2 rings (SSSR count). The van der Waals surface area contributed by atoms with E-state index in [2.05, 4.69) is 15.4 Å². The lowest BCUT2D eigenvalue weighted by molar-refractivity contribution is -0.139. The summed E-state index contributed by atoms with van der Waals surface area (Å²) in [6.45, 7) is 5.05. The van der Waals surface area contributed by atoms with Crippen LogP contribution < -0.4 is 5.32 Å². The zero-order valence-corrected chi connectivity index (χ0v) is 13.5. The van der Waals surface area contributed by atoms with Crippen LogP contribution in [-0.4, -0.2) is 43.4 Å². The number of hydrogen-bond donors (Lipinski definition) is 2. The fourth-order valence-electron chi connectivity index (χ4n) is 1.94. The van der Waals surface area contributed by atoms with Crippen molar-refractivity contribution in [2.24, 2.45) is 0 Å². The van der Waals surface area contributed by atoms with Gasteiger partial charge in [-0.2, -0.15) is 10.4 Å². The van der Waals surface area contributed by atoms with Crippen molar-refractivity contribution in [3.63, 3.8) is 0 Å². The van der Waals surface area contributed by atoms with Gasteiger partial charge in [-0.1, -0.05) is 0 Å². The molecule has 2 aromatic rings. The van der Waals surface area contributed by atoms with E-state index in [1.165, 1.54) is 10.7 Å². The summed E-state index contributed by atoms with van der Waals surface area (Å²) in [6.07, 6.45) is 0.589. The van der Waals surface area contributed by atoms with Crippen LogP contribution >= 0.6 is 0 Å². The zero-order valence-electron chi connectivity index (χ0n) is 13.5. The highest BCUT2D eigenvalue weighted by Crippen LogP contribution is 2.09. The first kappa shape index (κ1) is 17.2. The van der Waals surface area contributed by atoms with Crippen LogP contribution in [0.1, 0.15) is 32.2 Å². The van der Waals surface area contributed by atoms with Gasteiger partial charge in [0.2, 0.25) is 0 Å². The van der Waals surface area contributed by atoms with Gasteiger partial charge in [-0.05, 0) is 32.9 Å². The molecule has 0 unspecified atom stereocenters. The number of nitrogens with one attached hydrogen (secondary N) is 1. The van der Waals surface area contributed by atoms with E-state index >= 15 is 0 Å². The van der Waals surface area contributed by atoms with Crippen molar-refractivity contribution in [1.29, 1.82) is 5.26 Å². The number of fused-ring (bicyclic) bond motifs is 1. The highest BCUT2D eigenvalue weighted by Gasteiger charge is 2.24. The topological polar surface area (TPSA) is 130 Å². The largest absolute Gasteiger partial charge is 0.480 e. The van der Waals surface area contributed by atoms with Crippen LogP contribution in [0.4, 0.5) is 4.79 Å². The van der Waals surface area contributed by atoms with E-state index in [-0.39, 0.29) is 12.1 Å². The summed E-state index contributed by atoms with van der Waals surface area (Å²) >= 11 is 0. The minimum absolute atomic E-state index is 0.0371. The van der Waals surface area contributed by atoms with Gasteiger partial charge in [-0.25, -0.2) is 19.1 Å². The Morgan fingerprint density at radius 3 is 2.75 bits per heavy atom. The number of amides is 1. The summed E-state index contributed by atoms with van der Waals surface area (Å²) in [4.78, 5) is 27.1. The normalized spacial score (nSPS) is 12.4. The van der Waals surface area contributed by atoms with Crippen molar-refractivity contribution in [1.82, 2.24) is 19.9 Å². The van der Waals surface area contributed by atoms with E-state index in [1.807, 2.05) is 6.07 Å². The minimum atomic E-state index is -1.20. The third kappa shape index (κ3) is 4.42. The Hall–Kier alpha value is -3.15. The molecular weight excluding hydrogens is 314 g/mol. The maximum absolute atomic E-state index is 11.7. The molecule has 0 aliphatic heterocycles. The fraction of sp³-hybridized carbons (Fsp3) is 0.400. The van der Waals surface area contributed by atoms with Gasteiger partial charge in [-0.3, -0.25) is 0 Å². The highest BCUT2D eigenvalue weighted by atomic mass is 16.6. The summed E-state index contributed by atoms with van der Waals surface area (Å²) < 4.78 is 6.45. The number of nitriles is 1. The maximum atomic E-state index is 11.7. The van der Waals surface area contributed by atoms with E-state index in [9.17, 15) is 14.7 Å². The van der Waals surface area contributed by atoms with Crippen molar-refractivity contribution >= 4 is 17.7 Å². The fourth-order valence-corrected chi connectivity index (χ4v) is 1.94. The van der Waals surface area contributed by atoms with Gasteiger partial charge >= 0.3 is 12.1 Å². The van der Waals surface area contributed by atoms with E-state index in [4.69, 9.17) is 10.00 Å². The number of carbonyl (C=O) groups is 2. The Morgan fingerprint density at radius 2 is 2.17 bits per heavy atom. The average molecular weight is 331 g/mol. The first-order valence-electron chi connectivity index (χ1n) is 7.15. The Kier molecular flexibility index (Phi) is 4.69. The van der Waals surface area contributed by atoms with Gasteiger partial charge < -0.3 is 15.2 Å². The van der Waals surface area contributed by atoms with E-state index in [1.54, 1.807) is 32.9 Å². The van der Waals surface area contributed by atoms with Crippen molar-refractivity contribution < 1.29 is 19.4 Å². The second-order valence-electron chi connectivity index (χ2n) is 6.11. The number of hydrogen-bond acceptors (Lipinski definition) is 6. The summed E-state index contributed by atoms with van der Waals surface area (Å²) in [6, 6.07) is 3.93. The van der Waals surface area contributed by atoms with E-state index in [0.717, 1.165) is 0 Å². The van der Waals surface area contributed by atoms with Gasteiger partial charge in [0.25, 0.3) is 0 Å². The number of carboxylic acid groups (broad SMARTS) is 1. The van der Waals surface area contributed by atoms with Crippen LogP contribution in [0.25, 0.3) is 5.65 Å². The molecular formula is C15H17N5O4. The van der Waals surface area contributed by atoms with Crippen LogP contribution in [0, 0.1) is 11.3 Å². The first-order valence-corrected chi connectivity index (χ1v) is 7.15. The Bertz CT molecular complexity index is 815. The molecule has 2 N–H and O–H groups in total. The van der Waals surface area contributed by atoms with Crippen LogP contribution in [0.15, 0.2) is 18.3 Å². The smallest absolute Gasteiger partial charge is 0.408 e. The molecule has 9 nitrogen and oxygen atoms in total. The van der Waals surface area contributed by atoms with Crippen molar-refractivity contribution in [2.45, 2.75) is 38.8 Å². The molecule has 2 aromatic heterocycles. The first-order chi connectivity index (χ1) is 11.2. The standard InChI is InChI=1S/C15H17N5O4/c1-15(2,3)24-14(23)18-11(13(21)22)6-9-4-5-12-17-10(7-16)8-20(12)19-9/h4-5,8,11H,6H2,1-3H3,(H,18,23)(H,21,22)/t11-/m0/s1. The van der Waals surface area contributed by atoms with Gasteiger partial charge in [0.1, 0.15) is 17.7 Å². The second-order valence-corrected chi connectivity index (χ2v) is 6.11. The second kappa shape index (κ2) is 6.54. The third-order valence-electron chi connectivity index (χ3n) is 2.89. The number of carbonyl (C=O) groups excluding carboxylic acids is 1. The Balaban J connectivity index is 2.14. The molecule has 0 aliphatic carbocycles. The number of ether oxygens (including phenoxy) is 1. The molecule has 2 heterocycles. The number of aliphatic carboxylic acids is 1. The lowest BCUT2D eigenvalue weighted by Gasteiger charge is -2.21. The molecule has 0 fully saturated rings. The van der Waals surface area contributed by atoms with E-state index < -0.39 is 23.7 Å². The van der Waals surface area contributed by atoms with E-state index in [0.29, 0.717) is 11.3 Å². The van der Waals surface area contributed by atoms with Gasteiger partial charge in [0.15, 0.2) is 11.3 Å². The number of alkyl carbamates (subject to hydrolysis) is 1. The van der Waals surface area contributed by atoms with Gasteiger partial charge in [-0.15, -0.1) is 0 Å². The average Bonchev–Trinajstić information content (AvgIpc) is 2.86. The van der Waals surface area contributed by atoms with Gasteiger partial charge in [0.05, 0.1) is 11.9 Å². The SMILES string of the molecule is CC(C)(C)OC(=O)N[C@@H](Cc1ccc2nc(C#N)cn2n1)C(=O)O. The number of rotatable bonds is 4. The predicted octanol–water partition coefficient (Wildman–Crippen LogP) is 1.12. The molecule has 0 radical (unpaired) electrons. The van der Waals surface area contributed by atoms with Crippen LogP contribution in [0.2, 0.25) is 0 Å².